The maximum atomic E-state index is 11.8. The number of pyridine rings is 2. The number of carbonyl (C=O) groups is 1. The molecule has 7 heteroatoms. The van der Waals surface area contributed by atoms with Crippen molar-refractivity contribution in [2.75, 3.05) is 12.4 Å². The molecule has 0 aliphatic rings. The lowest BCUT2D eigenvalue weighted by atomic mass is 10.2. The van der Waals surface area contributed by atoms with E-state index < -0.39 is 5.97 Å². The van der Waals surface area contributed by atoms with Gasteiger partial charge in [0.1, 0.15) is 5.75 Å². The predicted octanol–water partition coefficient (Wildman–Crippen LogP) is 5.91. The highest BCUT2D eigenvalue weighted by Gasteiger charge is 2.12. The Kier molecular flexibility index (Phi) is 5.50. The van der Waals surface area contributed by atoms with Crippen LogP contribution in [0.15, 0.2) is 66.9 Å². The molecule has 0 radical (unpaired) electrons. The third-order valence-electron chi connectivity index (χ3n) is 4.44. The minimum Gasteiger partial charge on any atom is -0.465 e. The van der Waals surface area contributed by atoms with Crippen LogP contribution in [0.3, 0.4) is 0 Å². The van der Waals surface area contributed by atoms with Crippen molar-refractivity contribution in [3.63, 3.8) is 0 Å². The average molecular weight is 420 g/mol. The Morgan fingerprint density at radius 1 is 1.03 bits per heavy atom. The zero-order valence-electron chi connectivity index (χ0n) is 16.3. The van der Waals surface area contributed by atoms with Gasteiger partial charge in [0, 0.05) is 22.3 Å². The SMILES string of the molecule is COC(=O)c1cccc(Oc2ccc(Cl)cc2Nc2ccnc3nc(C)ccc23)c1. The summed E-state index contributed by atoms with van der Waals surface area (Å²) >= 11 is 6.23. The number of aromatic nitrogens is 2. The Morgan fingerprint density at radius 3 is 2.73 bits per heavy atom. The van der Waals surface area contributed by atoms with E-state index in [9.17, 15) is 4.79 Å². The first kappa shape index (κ1) is 19.7. The lowest BCUT2D eigenvalue weighted by molar-refractivity contribution is 0.0600. The van der Waals surface area contributed by atoms with E-state index in [1.54, 1.807) is 48.7 Å². The fourth-order valence-corrected chi connectivity index (χ4v) is 3.17. The summed E-state index contributed by atoms with van der Waals surface area (Å²) in [5, 5.41) is 4.80. The average Bonchev–Trinajstić information content (AvgIpc) is 2.75. The van der Waals surface area contributed by atoms with Crippen LogP contribution in [0, 0.1) is 6.92 Å². The molecule has 0 bridgehead atoms. The van der Waals surface area contributed by atoms with E-state index in [1.165, 1.54) is 7.11 Å². The molecule has 0 atom stereocenters. The molecule has 30 heavy (non-hydrogen) atoms. The van der Waals surface area contributed by atoms with Crippen molar-refractivity contribution >= 4 is 40.0 Å². The van der Waals surface area contributed by atoms with Gasteiger partial charge in [0.25, 0.3) is 0 Å². The summed E-state index contributed by atoms with van der Waals surface area (Å²) in [5.41, 5.74) is 3.43. The molecule has 0 aliphatic heterocycles. The highest BCUT2D eigenvalue weighted by atomic mass is 35.5. The van der Waals surface area contributed by atoms with E-state index in [2.05, 4.69) is 15.3 Å². The molecule has 2 heterocycles. The fraction of sp³-hybridized carbons (Fsp3) is 0.0870. The van der Waals surface area contributed by atoms with Crippen LogP contribution in [-0.4, -0.2) is 23.0 Å². The predicted molar refractivity (Wildman–Crippen MR) is 117 cm³/mol. The number of aryl methyl sites for hydroxylation is 1. The van der Waals surface area contributed by atoms with Gasteiger partial charge in [0.15, 0.2) is 11.4 Å². The zero-order chi connectivity index (χ0) is 21.1. The molecular formula is C23H18ClN3O3. The van der Waals surface area contributed by atoms with Gasteiger partial charge in [-0.3, -0.25) is 0 Å². The molecule has 2 aromatic heterocycles. The molecule has 4 aromatic rings. The fourth-order valence-electron chi connectivity index (χ4n) is 3.00. The summed E-state index contributed by atoms with van der Waals surface area (Å²) in [6.45, 7) is 1.92. The number of carbonyl (C=O) groups excluding carboxylic acids is 1. The molecule has 1 N–H and O–H groups in total. The van der Waals surface area contributed by atoms with Crippen LogP contribution in [0.5, 0.6) is 11.5 Å². The van der Waals surface area contributed by atoms with Gasteiger partial charge in [0.2, 0.25) is 0 Å². The van der Waals surface area contributed by atoms with Crippen molar-refractivity contribution in [1.82, 2.24) is 9.97 Å². The quantitative estimate of drug-likeness (QED) is 0.405. The van der Waals surface area contributed by atoms with Crippen LogP contribution in [0.25, 0.3) is 11.0 Å². The van der Waals surface area contributed by atoms with Crippen molar-refractivity contribution in [3.05, 3.63) is 83.1 Å². The van der Waals surface area contributed by atoms with E-state index in [4.69, 9.17) is 21.1 Å². The maximum Gasteiger partial charge on any atom is 0.337 e. The molecule has 2 aromatic carbocycles. The molecule has 0 fully saturated rings. The number of nitrogens with zero attached hydrogens (tertiary/aromatic N) is 2. The Bertz CT molecular complexity index is 1240. The molecule has 0 spiro atoms. The van der Waals surface area contributed by atoms with Crippen LogP contribution >= 0.6 is 11.6 Å². The number of esters is 1. The Morgan fingerprint density at radius 2 is 1.90 bits per heavy atom. The first-order valence-electron chi connectivity index (χ1n) is 9.18. The van der Waals surface area contributed by atoms with E-state index in [0.717, 1.165) is 16.8 Å². The van der Waals surface area contributed by atoms with Crippen molar-refractivity contribution < 1.29 is 14.3 Å². The van der Waals surface area contributed by atoms with Gasteiger partial charge in [0.05, 0.1) is 24.0 Å². The van der Waals surface area contributed by atoms with E-state index in [1.807, 2.05) is 25.1 Å². The summed E-state index contributed by atoms with van der Waals surface area (Å²) < 4.78 is 10.8. The molecular weight excluding hydrogens is 402 g/mol. The third kappa shape index (κ3) is 4.18. The largest absolute Gasteiger partial charge is 0.465 e. The number of benzene rings is 2. The topological polar surface area (TPSA) is 73.3 Å². The number of halogens is 1. The van der Waals surface area contributed by atoms with Gasteiger partial charge < -0.3 is 14.8 Å². The lowest BCUT2D eigenvalue weighted by Crippen LogP contribution is -2.01. The Labute approximate surface area is 178 Å². The molecule has 0 saturated heterocycles. The van der Waals surface area contributed by atoms with Gasteiger partial charge in [-0.15, -0.1) is 0 Å². The van der Waals surface area contributed by atoms with E-state index in [-0.39, 0.29) is 0 Å². The normalized spacial score (nSPS) is 10.6. The zero-order valence-corrected chi connectivity index (χ0v) is 17.1. The van der Waals surface area contributed by atoms with E-state index in [0.29, 0.717) is 33.4 Å². The number of rotatable bonds is 5. The molecule has 0 saturated carbocycles. The van der Waals surface area contributed by atoms with Gasteiger partial charge in [-0.25, -0.2) is 14.8 Å². The number of anilines is 2. The monoisotopic (exact) mass is 419 g/mol. The Hall–Kier alpha value is -3.64. The van der Waals surface area contributed by atoms with Gasteiger partial charge in [-0.1, -0.05) is 17.7 Å². The van der Waals surface area contributed by atoms with Crippen LogP contribution in [0.1, 0.15) is 16.1 Å². The summed E-state index contributed by atoms with van der Waals surface area (Å²) in [7, 11) is 1.34. The summed E-state index contributed by atoms with van der Waals surface area (Å²) in [4.78, 5) is 20.6. The minimum atomic E-state index is -0.430. The van der Waals surface area contributed by atoms with E-state index >= 15 is 0 Å². The van der Waals surface area contributed by atoms with Crippen molar-refractivity contribution in [2.24, 2.45) is 0 Å². The highest BCUT2D eigenvalue weighted by molar-refractivity contribution is 6.31. The summed E-state index contributed by atoms with van der Waals surface area (Å²) in [5.74, 6) is 0.618. The van der Waals surface area contributed by atoms with Gasteiger partial charge in [-0.05, 0) is 61.5 Å². The Balaban J connectivity index is 1.69. The lowest BCUT2D eigenvalue weighted by Gasteiger charge is -2.15. The van der Waals surface area contributed by atoms with Crippen LogP contribution in [0.4, 0.5) is 11.4 Å². The first-order chi connectivity index (χ1) is 14.5. The molecule has 0 aliphatic carbocycles. The van der Waals surface area contributed by atoms with Crippen molar-refractivity contribution in [3.8, 4) is 11.5 Å². The number of hydrogen-bond donors (Lipinski definition) is 1. The van der Waals surface area contributed by atoms with Crippen LogP contribution < -0.4 is 10.1 Å². The summed E-state index contributed by atoms with van der Waals surface area (Å²) in [6, 6.07) is 17.8. The number of ether oxygens (including phenoxy) is 2. The first-order valence-corrected chi connectivity index (χ1v) is 9.56. The molecule has 0 amide bonds. The standard InChI is InChI=1S/C23H18ClN3O3/c1-14-6-8-18-19(10-11-25-22(18)26-14)27-20-13-16(24)7-9-21(20)30-17-5-3-4-15(12-17)23(28)29-2/h3-13H,1-2H3,(H,25,26,27). The second-order valence-electron chi connectivity index (χ2n) is 6.57. The molecule has 6 nitrogen and oxygen atoms in total. The number of hydrogen-bond acceptors (Lipinski definition) is 6. The minimum absolute atomic E-state index is 0.403. The van der Waals surface area contributed by atoms with Crippen LogP contribution in [-0.2, 0) is 4.74 Å². The third-order valence-corrected chi connectivity index (χ3v) is 4.67. The van der Waals surface area contributed by atoms with Crippen molar-refractivity contribution in [2.45, 2.75) is 6.92 Å². The smallest absolute Gasteiger partial charge is 0.337 e. The second kappa shape index (κ2) is 8.39. The van der Waals surface area contributed by atoms with Gasteiger partial charge in [-0.2, -0.15) is 0 Å². The summed E-state index contributed by atoms with van der Waals surface area (Å²) in [6.07, 6.45) is 1.70. The maximum absolute atomic E-state index is 11.8. The molecule has 4 rings (SSSR count). The number of methoxy groups -OCH3 is 1. The highest BCUT2D eigenvalue weighted by Crippen LogP contribution is 2.35. The molecule has 0 unspecified atom stereocenters. The van der Waals surface area contributed by atoms with Gasteiger partial charge >= 0.3 is 5.97 Å². The molecule has 150 valence electrons. The van der Waals surface area contributed by atoms with Crippen LogP contribution in [0.2, 0.25) is 5.02 Å². The number of nitrogens with one attached hydrogen (secondary N) is 1. The van der Waals surface area contributed by atoms with Crippen molar-refractivity contribution in [1.29, 1.82) is 0 Å². The number of fused-ring (bicyclic) bond motifs is 1. The second-order valence-corrected chi connectivity index (χ2v) is 7.01.